The first-order valence-corrected chi connectivity index (χ1v) is 10.3. The molecule has 1 fully saturated rings. The maximum atomic E-state index is 13.4. The molecule has 3 aromatic rings. The van der Waals surface area contributed by atoms with Crippen molar-refractivity contribution in [2.75, 3.05) is 13.1 Å². The average molecular weight is 459 g/mol. The zero-order valence-corrected chi connectivity index (χ0v) is 17.0. The number of pyridine rings is 1. The Bertz CT molecular complexity index is 1190. The fourth-order valence-electron chi connectivity index (χ4n) is 3.52. The molecule has 0 bridgehead atoms. The minimum atomic E-state index is -4.63. The Morgan fingerprint density at radius 3 is 2.70 bits per heavy atom. The number of alkyl halides is 4. The molecule has 10 heteroatoms. The van der Waals surface area contributed by atoms with Crippen molar-refractivity contribution in [1.82, 2.24) is 9.47 Å². The van der Waals surface area contributed by atoms with Gasteiger partial charge in [0.2, 0.25) is 5.91 Å². The standard InChI is InChI=1S/C20H15ClF4N2O2S/c21-15-2-1-11(7-14(15)20(23,24)25)13-10-30-16-4-6-27(19(29)18(13)16)9-17(28)26-5-3-12(22)8-26/h1-2,4,6-7,10,12H,3,5,8-9H2. The van der Waals surface area contributed by atoms with E-state index in [-0.39, 0.29) is 36.4 Å². The lowest BCUT2D eigenvalue weighted by Gasteiger charge is -2.16. The number of thiophene rings is 1. The summed E-state index contributed by atoms with van der Waals surface area (Å²) in [6.45, 7) is 0.0431. The first-order valence-electron chi connectivity index (χ1n) is 9.05. The molecule has 0 aliphatic carbocycles. The van der Waals surface area contributed by atoms with Gasteiger partial charge in [-0.2, -0.15) is 13.2 Å². The Hall–Kier alpha value is -2.39. The molecule has 1 aliphatic heterocycles. The minimum absolute atomic E-state index is 0.00449. The molecule has 0 radical (unpaired) electrons. The Kier molecular flexibility index (Phi) is 5.36. The summed E-state index contributed by atoms with van der Waals surface area (Å²) >= 11 is 6.92. The Morgan fingerprint density at radius 1 is 1.27 bits per heavy atom. The molecule has 3 heterocycles. The molecule has 2 aromatic heterocycles. The third-order valence-corrected chi connectivity index (χ3v) is 6.35. The van der Waals surface area contributed by atoms with E-state index < -0.39 is 28.5 Å². The van der Waals surface area contributed by atoms with Gasteiger partial charge in [-0.25, -0.2) is 4.39 Å². The molecule has 1 atom stereocenters. The van der Waals surface area contributed by atoms with Crippen LogP contribution in [0.2, 0.25) is 5.02 Å². The van der Waals surface area contributed by atoms with Crippen molar-refractivity contribution in [2.45, 2.75) is 25.3 Å². The van der Waals surface area contributed by atoms with E-state index >= 15 is 0 Å². The predicted octanol–water partition coefficient (Wildman–Crippen LogP) is 4.97. The van der Waals surface area contributed by atoms with Crippen LogP contribution in [-0.2, 0) is 17.5 Å². The number of fused-ring (bicyclic) bond motifs is 1. The van der Waals surface area contributed by atoms with Gasteiger partial charge in [-0.1, -0.05) is 17.7 Å². The van der Waals surface area contributed by atoms with Crippen LogP contribution in [0.4, 0.5) is 17.6 Å². The lowest BCUT2D eigenvalue weighted by molar-refractivity contribution is -0.137. The SMILES string of the molecule is O=C(Cn1ccc2scc(-c3ccc(Cl)c(C(F)(F)F)c3)c2c1=O)N1CCC(F)C1. The second-order valence-corrected chi connectivity index (χ2v) is 8.37. The number of likely N-dealkylation sites (tertiary alicyclic amines) is 1. The number of carbonyl (C=O) groups excluding carboxylic acids is 1. The number of aromatic nitrogens is 1. The number of benzene rings is 1. The van der Waals surface area contributed by atoms with Crippen molar-refractivity contribution >= 4 is 38.9 Å². The number of rotatable bonds is 3. The Balaban J connectivity index is 1.74. The quantitative estimate of drug-likeness (QED) is 0.520. The lowest BCUT2D eigenvalue weighted by atomic mass is 10.0. The number of hydrogen-bond donors (Lipinski definition) is 0. The number of hydrogen-bond acceptors (Lipinski definition) is 3. The molecule has 4 nitrogen and oxygen atoms in total. The van der Waals surface area contributed by atoms with Crippen molar-refractivity contribution in [3.8, 4) is 11.1 Å². The van der Waals surface area contributed by atoms with E-state index in [2.05, 4.69) is 0 Å². The zero-order valence-electron chi connectivity index (χ0n) is 15.4. The van der Waals surface area contributed by atoms with Crippen LogP contribution in [0.5, 0.6) is 0 Å². The van der Waals surface area contributed by atoms with Gasteiger partial charge in [0.05, 0.1) is 22.5 Å². The molecule has 1 aliphatic rings. The Labute approximate surface area is 177 Å². The van der Waals surface area contributed by atoms with E-state index in [1.165, 1.54) is 33.1 Å². The zero-order chi connectivity index (χ0) is 21.6. The van der Waals surface area contributed by atoms with Crippen LogP contribution in [0.15, 0.2) is 40.6 Å². The fraction of sp³-hybridized carbons (Fsp3) is 0.300. The summed E-state index contributed by atoms with van der Waals surface area (Å²) in [5.41, 5.74) is -0.924. The van der Waals surface area contributed by atoms with Crippen LogP contribution in [0.1, 0.15) is 12.0 Å². The maximum Gasteiger partial charge on any atom is 0.417 e. The largest absolute Gasteiger partial charge is 0.417 e. The van der Waals surface area contributed by atoms with Gasteiger partial charge < -0.3 is 9.47 Å². The molecule has 0 spiro atoms. The van der Waals surface area contributed by atoms with Crippen LogP contribution in [0, 0.1) is 0 Å². The topological polar surface area (TPSA) is 42.3 Å². The summed E-state index contributed by atoms with van der Waals surface area (Å²) in [5.74, 6) is -0.376. The molecular weight excluding hydrogens is 444 g/mol. The first-order chi connectivity index (χ1) is 14.1. The molecule has 1 amide bonds. The number of carbonyl (C=O) groups is 1. The molecule has 30 heavy (non-hydrogen) atoms. The highest BCUT2D eigenvalue weighted by molar-refractivity contribution is 7.17. The average Bonchev–Trinajstić information content (AvgIpc) is 3.30. The van der Waals surface area contributed by atoms with Crippen molar-refractivity contribution in [3.05, 3.63) is 56.8 Å². The molecular formula is C20H15ClF4N2O2S. The Morgan fingerprint density at radius 2 is 2.03 bits per heavy atom. The summed E-state index contributed by atoms with van der Waals surface area (Å²) in [7, 11) is 0. The van der Waals surface area contributed by atoms with Crippen LogP contribution in [0.25, 0.3) is 21.2 Å². The monoisotopic (exact) mass is 458 g/mol. The first kappa shape index (κ1) is 20.9. The summed E-state index contributed by atoms with van der Waals surface area (Å²) in [4.78, 5) is 26.8. The second kappa shape index (κ2) is 7.70. The van der Waals surface area contributed by atoms with Crippen LogP contribution < -0.4 is 5.56 Å². The highest BCUT2D eigenvalue weighted by atomic mass is 35.5. The van der Waals surface area contributed by atoms with Gasteiger partial charge in [0, 0.05) is 28.4 Å². The van der Waals surface area contributed by atoms with Gasteiger partial charge in [-0.15, -0.1) is 11.3 Å². The number of nitrogens with zero attached hydrogens (tertiary/aromatic N) is 2. The van der Waals surface area contributed by atoms with E-state index in [0.29, 0.717) is 16.8 Å². The predicted molar refractivity (Wildman–Crippen MR) is 108 cm³/mol. The third-order valence-electron chi connectivity index (χ3n) is 5.07. The third kappa shape index (κ3) is 3.83. The molecule has 4 rings (SSSR count). The van der Waals surface area contributed by atoms with Crippen molar-refractivity contribution in [1.29, 1.82) is 0 Å². The van der Waals surface area contributed by atoms with Gasteiger partial charge in [-0.05, 0) is 30.2 Å². The van der Waals surface area contributed by atoms with Gasteiger partial charge in [0.15, 0.2) is 0 Å². The lowest BCUT2D eigenvalue weighted by Crippen LogP contribution is -2.35. The summed E-state index contributed by atoms with van der Waals surface area (Å²) in [6.07, 6.45) is -3.96. The van der Waals surface area contributed by atoms with Crippen molar-refractivity contribution in [3.63, 3.8) is 0 Å². The van der Waals surface area contributed by atoms with Crippen LogP contribution >= 0.6 is 22.9 Å². The van der Waals surface area contributed by atoms with Gasteiger partial charge in [-0.3, -0.25) is 9.59 Å². The molecule has 158 valence electrons. The van der Waals surface area contributed by atoms with E-state index in [1.54, 1.807) is 11.4 Å². The molecule has 1 unspecified atom stereocenters. The van der Waals surface area contributed by atoms with Crippen molar-refractivity contribution in [2.24, 2.45) is 0 Å². The highest BCUT2D eigenvalue weighted by Gasteiger charge is 2.33. The number of amides is 1. The molecule has 1 saturated heterocycles. The van der Waals surface area contributed by atoms with E-state index in [1.807, 2.05) is 0 Å². The van der Waals surface area contributed by atoms with Crippen LogP contribution in [-0.4, -0.2) is 34.6 Å². The maximum absolute atomic E-state index is 13.4. The highest BCUT2D eigenvalue weighted by Crippen LogP contribution is 2.39. The van der Waals surface area contributed by atoms with E-state index in [0.717, 1.165) is 12.1 Å². The molecule has 0 saturated carbocycles. The second-order valence-electron chi connectivity index (χ2n) is 7.06. The fourth-order valence-corrected chi connectivity index (χ4v) is 4.70. The van der Waals surface area contributed by atoms with Gasteiger partial charge >= 0.3 is 6.18 Å². The van der Waals surface area contributed by atoms with Crippen LogP contribution in [0.3, 0.4) is 0 Å². The van der Waals surface area contributed by atoms with Gasteiger partial charge in [0.25, 0.3) is 5.56 Å². The van der Waals surface area contributed by atoms with Gasteiger partial charge in [0.1, 0.15) is 12.7 Å². The summed E-state index contributed by atoms with van der Waals surface area (Å²) in [6, 6.07) is 5.12. The molecule has 0 N–H and O–H groups in total. The van der Waals surface area contributed by atoms with Crippen molar-refractivity contribution < 1.29 is 22.4 Å². The summed E-state index contributed by atoms with van der Waals surface area (Å²) in [5, 5.41) is 1.41. The molecule has 1 aromatic carbocycles. The normalized spacial score (nSPS) is 17.1. The van der Waals surface area contributed by atoms with E-state index in [9.17, 15) is 27.2 Å². The smallest absolute Gasteiger partial charge is 0.338 e. The number of halogens is 5. The minimum Gasteiger partial charge on any atom is -0.338 e. The summed E-state index contributed by atoms with van der Waals surface area (Å²) < 4.78 is 54.8. The van der Waals surface area contributed by atoms with E-state index in [4.69, 9.17) is 11.6 Å².